The first-order valence-corrected chi connectivity index (χ1v) is 6.49. The number of aromatic nitrogens is 2. The second-order valence-electron chi connectivity index (χ2n) is 4.64. The third kappa shape index (κ3) is 3.82. The van der Waals surface area contributed by atoms with Gasteiger partial charge in [0, 0.05) is 20.1 Å². The lowest BCUT2D eigenvalue weighted by molar-refractivity contribution is 0.0321. The summed E-state index contributed by atoms with van der Waals surface area (Å²) in [5.41, 5.74) is 1.70. The molecule has 0 saturated carbocycles. The van der Waals surface area contributed by atoms with E-state index in [1.54, 1.807) is 0 Å². The Morgan fingerprint density at radius 1 is 1.35 bits per heavy atom. The number of rotatable bonds is 7. The van der Waals surface area contributed by atoms with E-state index in [4.69, 9.17) is 0 Å². The monoisotopic (exact) mass is 239 g/mol. The van der Waals surface area contributed by atoms with Crippen LogP contribution in [0.3, 0.4) is 0 Å². The van der Waals surface area contributed by atoms with Crippen molar-refractivity contribution in [2.24, 2.45) is 7.05 Å². The van der Waals surface area contributed by atoms with Crippen LogP contribution in [0, 0.1) is 0 Å². The average Bonchev–Trinajstić information content (AvgIpc) is 2.70. The zero-order valence-electron chi connectivity index (χ0n) is 11.5. The van der Waals surface area contributed by atoms with Crippen LogP contribution in [0.2, 0.25) is 0 Å². The minimum atomic E-state index is -0.577. The molecule has 17 heavy (non-hydrogen) atoms. The molecule has 0 aromatic carbocycles. The molecule has 0 aliphatic rings. The zero-order chi connectivity index (χ0) is 12.9. The van der Waals surface area contributed by atoms with Crippen LogP contribution in [0.25, 0.3) is 0 Å². The SMILES string of the molecule is CCc1cc(CNCC(O)(CC)CC)n(C)n1. The lowest BCUT2D eigenvalue weighted by Gasteiger charge is -2.25. The van der Waals surface area contributed by atoms with Crippen LogP contribution >= 0.6 is 0 Å². The predicted octanol–water partition coefficient (Wildman–Crippen LogP) is 1.62. The lowest BCUT2D eigenvalue weighted by atomic mass is 9.98. The highest BCUT2D eigenvalue weighted by atomic mass is 16.3. The standard InChI is InChI=1S/C13H25N3O/c1-5-11-8-12(16(4)15-11)9-14-10-13(17,6-2)7-3/h8,14,17H,5-7,9-10H2,1-4H3. The Hall–Kier alpha value is -0.870. The summed E-state index contributed by atoms with van der Waals surface area (Å²) in [7, 11) is 1.96. The van der Waals surface area contributed by atoms with E-state index >= 15 is 0 Å². The van der Waals surface area contributed by atoms with Gasteiger partial charge in [0.15, 0.2) is 0 Å². The molecule has 0 radical (unpaired) electrons. The van der Waals surface area contributed by atoms with Crippen LogP contribution in [0.1, 0.15) is 45.0 Å². The number of nitrogens with one attached hydrogen (secondary N) is 1. The maximum atomic E-state index is 10.1. The van der Waals surface area contributed by atoms with Gasteiger partial charge in [0.2, 0.25) is 0 Å². The van der Waals surface area contributed by atoms with Crippen molar-refractivity contribution >= 4 is 0 Å². The summed E-state index contributed by atoms with van der Waals surface area (Å²) in [6, 6.07) is 2.12. The Morgan fingerprint density at radius 2 is 2.00 bits per heavy atom. The lowest BCUT2D eigenvalue weighted by Crippen LogP contribution is -2.39. The van der Waals surface area contributed by atoms with Crippen molar-refractivity contribution in [1.29, 1.82) is 0 Å². The van der Waals surface area contributed by atoms with Crippen LogP contribution < -0.4 is 5.32 Å². The number of aryl methyl sites for hydroxylation is 2. The van der Waals surface area contributed by atoms with Crippen LogP contribution in [0.4, 0.5) is 0 Å². The van der Waals surface area contributed by atoms with Gasteiger partial charge in [-0.3, -0.25) is 4.68 Å². The van der Waals surface area contributed by atoms with Crippen LogP contribution in [-0.2, 0) is 20.0 Å². The molecule has 2 N–H and O–H groups in total. The Bertz CT molecular complexity index is 342. The first-order chi connectivity index (χ1) is 8.04. The number of hydrogen-bond acceptors (Lipinski definition) is 3. The van der Waals surface area contributed by atoms with Gasteiger partial charge in [-0.2, -0.15) is 5.10 Å². The molecule has 1 rings (SSSR count). The molecule has 1 aromatic heterocycles. The van der Waals surface area contributed by atoms with Gasteiger partial charge >= 0.3 is 0 Å². The maximum Gasteiger partial charge on any atom is 0.0766 e. The Balaban J connectivity index is 2.47. The van der Waals surface area contributed by atoms with Crippen LogP contribution in [0.15, 0.2) is 6.07 Å². The summed E-state index contributed by atoms with van der Waals surface area (Å²) >= 11 is 0. The average molecular weight is 239 g/mol. The number of hydrogen-bond donors (Lipinski definition) is 2. The molecule has 0 aliphatic carbocycles. The minimum Gasteiger partial charge on any atom is -0.389 e. The van der Waals surface area contributed by atoms with E-state index in [9.17, 15) is 5.11 Å². The van der Waals surface area contributed by atoms with Crippen molar-refractivity contribution < 1.29 is 5.11 Å². The van der Waals surface area contributed by atoms with E-state index in [-0.39, 0.29) is 0 Å². The third-order valence-corrected chi connectivity index (χ3v) is 3.47. The number of nitrogens with zero attached hydrogens (tertiary/aromatic N) is 2. The second-order valence-corrected chi connectivity index (χ2v) is 4.64. The summed E-state index contributed by atoms with van der Waals surface area (Å²) in [6.07, 6.45) is 2.52. The third-order valence-electron chi connectivity index (χ3n) is 3.47. The first kappa shape index (κ1) is 14.2. The molecule has 4 heteroatoms. The highest BCUT2D eigenvalue weighted by Gasteiger charge is 2.21. The molecule has 1 heterocycles. The maximum absolute atomic E-state index is 10.1. The second kappa shape index (κ2) is 6.17. The zero-order valence-corrected chi connectivity index (χ0v) is 11.5. The van der Waals surface area contributed by atoms with E-state index in [1.165, 1.54) is 0 Å². The fraction of sp³-hybridized carbons (Fsp3) is 0.769. The van der Waals surface area contributed by atoms with Crippen molar-refractivity contribution in [3.63, 3.8) is 0 Å². The van der Waals surface area contributed by atoms with Gasteiger partial charge in [0.25, 0.3) is 0 Å². The van der Waals surface area contributed by atoms with E-state index in [0.29, 0.717) is 6.54 Å². The van der Waals surface area contributed by atoms with Crippen molar-refractivity contribution in [2.45, 2.75) is 52.2 Å². The first-order valence-electron chi connectivity index (χ1n) is 6.49. The highest BCUT2D eigenvalue weighted by molar-refractivity contribution is 5.09. The largest absolute Gasteiger partial charge is 0.389 e. The molecule has 4 nitrogen and oxygen atoms in total. The van der Waals surface area contributed by atoms with Gasteiger partial charge in [0.1, 0.15) is 0 Å². The molecule has 0 saturated heterocycles. The van der Waals surface area contributed by atoms with Crippen molar-refractivity contribution in [3.05, 3.63) is 17.5 Å². The quantitative estimate of drug-likeness (QED) is 0.760. The molecule has 1 aromatic rings. The summed E-state index contributed by atoms with van der Waals surface area (Å²) in [5.74, 6) is 0. The van der Waals surface area contributed by atoms with Crippen LogP contribution in [0.5, 0.6) is 0 Å². The van der Waals surface area contributed by atoms with Gasteiger partial charge in [-0.25, -0.2) is 0 Å². The van der Waals surface area contributed by atoms with Crippen molar-refractivity contribution in [1.82, 2.24) is 15.1 Å². The Labute approximate surface area is 104 Å². The molecule has 0 amide bonds. The fourth-order valence-corrected chi connectivity index (χ4v) is 1.83. The summed E-state index contributed by atoms with van der Waals surface area (Å²) < 4.78 is 1.91. The molecule has 0 fully saturated rings. The molecule has 0 bridgehead atoms. The van der Waals surface area contributed by atoms with Gasteiger partial charge < -0.3 is 10.4 Å². The molecule has 0 aliphatic heterocycles. The van der Waals surface area contributed by atoms with Crippen LogP contribution in [-0.4, -0.2) is 27.0 Å². The Morgan fingerprint density at radius 3 is 2.47 bits per heavy atom. The van der Waals surface area contributed by atoms with Crippen molar-refractivity contribution in [3.8, 4) is 0 Å². The smallest absolute Gasteiger partial charge is 0.0766 e. The predicted molar refractivity (Wildman–Crippen MR) is 69.8 cm³/mol. The topological polar surface area (TPSA) is 50.1 Å². The van der Waals surface area contributed by atoms with Crippen molar-refractivity contribution in [2.75, 3.05) is 6.54 Å². The van der Waals surface area contributed by atoms with Gasteiger partial charge in [-0.05, 0) is 25.3 Å². The molecule has 0 spiro atoms. The fourth-order valence-electron chi connectivity index (χ4n) is 1.83. The molecule has 98 valence electrons. The van der Waals surface area contributed by atoms with E-state index in [2.05, 4.69) is 23.4 Å². The van der Waals surface area contributed by atoms with Gasteiger partial charge in [0.05, 0.1) is 17.0 Å². The van der Waals surface area contributed by atoms with E-state index in [1.807, 2.05) is 25.6 Å². The van der Waals surface area contributed by atoms with E-state index < -0.39 is 5.60 Å². The van der Waals surface area contributed by atoms with Gasteiger partial charge in [-0.1, -0.05) is 20.8 Å². The molecule has 0 atom stereocenters. The summed E-state index contributed by atoms with van der Waals surface area (Å²) in [4.78, 5) is 0. The van der Waals surface area contributed by atoms with Gasteiger partial charge in [-0.15, -0.1) is 0 Å². The molecular weight excluding hydrogens is 214 g/mol. The van der Waals surface area contributed by atoms with E-state index in [0.717, 1.165) is 37.2 Å². The molecular formula is C13H25N3O. The minimum absolute atomic E-state index is 0.577. The highest BCUT2D eigenvalue weighted by Crippen LogP contribution is 2.13. The number of aliphatic hydroxyl groups is 1. The summed E-state index contributed by atoms with van der Waals surface area (Å²) in [6.45, 7) is 7.53. The Kier molecular flexibility index (Phi) is 5.15. The summed E-state index contributed by atoms with van der Waals surface area (Å²) in [5, 5.41) is 17.9. The normalized spacial score (nSPS) is 12.1. The molecule has 0 unspecified atom stereocenters.